The van der Waals surface area contributed by atoms with E-state index in [1.165, 1.54) is 13.1 Å². The molecule has 0 aromatic carbocycles. The summed E-state index contributed by atoms with van der Waals surface area (Å²) in [5.74, 6) is 0.904. The molecule has 0 spiro atoms. The highest BCUT2D eigenvalue weighted by atomic mass is 16.5. The number of hydrogen-bond donors (Lipinski definition) is 0. The van der Waals surface area contributed by atoms with Crippen LogP contribution in [-0.4, -0.2) is 19.0 Å². The van der Waals surface area contributed by atoms with Crippen molar-refractivity contribution in [3.8, 4) is 0 Å². The molecular weight excluding hydrogens is 120 g/mol. The average molecular weight is 128 g/mol. The summed E-state index contributed by atoms with van der Waals surface area (Å²) in [5, 5.41) is 0. The molecule has 0 atom stereocenters. The molecule has 0 aromatic heterocycles. The first-order valence-corrected chi connectivity index (χ1v) is 2.58. The van der Waals surface area contributed by atoms with Gasteiger partial charge < -0.3 is 4.74 Å². The van der Waals surface area contributed by atoms with Gasteiger partial charge in [0.05, 0.1) is 7.11 Å². The van der Waals surface area contributed by atoms with Crippen LogP contribution in [0.15, 0.2) is 5.57 Å². The van der Waals surface area contributed by atoms with Gasteiger partial charge in [-0.05, 0) is 6.42 Å². The maximum absolute atomic E-state index is 10.5. The van der Waals surface area contributed by atoms with Crippen molar-refractivity contribution in [2.75, 3.05) is 7.11 Å². The predicted molar refractivity (Wildman–Crippen MR) is 31.5 cm³/mol. The molecule has 0 bridgehead atoms. The van der Waals surface area contributed by atoms with E-state index >= 15 is 0 Å². The Hall–Kier alpha value is -1.08. The van der Waals surface area contributed by atoms with Crippen LogP contribution in [0.4, 0.5) is 0 Å². The average Bonchev–Trinajstić information content (AvgIpc) is 1.90. The Morgan fingerprint density at radius 1 is 1.67 bits per heavy atom. The van der Waals surface area contributed by atoms with Crippen LogP contribution in [0.1, 0.15) is 13.3 Å². The van der Waals surface area contributed by atoms with Crippen LogP contribution >= 0.6 is 0 Å². The fourth-order valence-corrected chi connectivity index (χ4v) is 0.381. The summed E-state index contributed by atoms with van der Waals surface area (Å²) in [7, 11) is 1.23. The van der Waals surface area contributed by atoms with Gasteiger partial charge in [0.15, 0.2) is 0 Å². The van der Waals surface area contributed by atoms with E-state index in [0.717, 1.165) is 0 Å². The van der Waals surface area contributed by atoms with Gasteiger partial charge in [-0.1, -0.05) is 6.92 Å². The molecule has 0 unspecified atom stereocenters. The zero-order valence-electron chi connectivity index (χ0n) is 5.43. The molecule has 0 heterocycles. The summed E-state index contributed by atoms with van der Waals surface area (Å²) in [6.45, 7) is 1.69. The number of rotatable bonds is 2. The van der Waals surface area contributed by atoms with Gasteiger partial charge in [0, 0.05) is 0 Å². The van der Waals surface area contributed by atoms with Gasteiger partial charge in [-0.15, -0.1) is 0 Å². The highest BCUT2D eigenvalue weighted by Crippen LogP contribution is 1.95. The van der Waals surface area contributed by atoms with E-state index < -0.39 is 5.97 Å². The Labute approximate surface area is 53.3 Å². The molecule has 0 amide bonds. The molecule has 0 fully saturated rings. The van der Waals surface area contributed by atoms with E-state index in [9.17, 15) is 9.59 Å². The van der Waals surface area contributed by atoms with Crippen molar-refractivity contribution in [3.63, 3.8) is 0 Å². The molecule has 0 aliphatic carbocycles. The molecule has 0 N–H and O–H groups in total. The molecule has 0 aliphatic heterocycles. The molecule has 0 saturated carbocycles. The number of ether oxygens (including phenoxy) is 1. The maximum Gasteiger partial charge on any atom is 0.344 e. The van der Waals surface area contributed by atoms with Crippen molar-refractivity contribution in [1.82, 2.24) is 0 Å². The summed E-state index contributed by atoms with van der Waals surface area (Å²) in [6, 6.07) is 0. The number of methoxy groups -OCH3 is 1. The van der Waals surface area contributed by atoms with E-state index in [-0.39, 0.29) is 5.57 Å². The van der Waals surface area contributed by atoms with Crippen molar-refractivity contribution >= 4 is 11.9 Å². The Kier molecular flexibility index (Phi) is 3.40. The monoisotopic (exact) mass is 128 g/mol. The van der Waals surface area contributed by atoms with E-state index in [2.05, 4.69) is 4.74 Å². The van der Waals surface area contributed by atoms with Crippen LogP contribution in [0, 0.1) is 0 Å². The lowest BCUT2D eigenvalue weighted by atomic mass is 10.2. The number of carbonyl (C=O) groups excluding carboxylic acids is 2. The van der Waals surface area contributed by atoms with Crippen molar-refractivity contribution in [2.45, 2.75) is 13.3 Å². The minimum atomic E-state index is -0.590. The van der Waals surface area contributed by atoms with Crippen LogP contribution in [0.25, 0.3) is 0 Å². The lowest BCUT2D eigenvalue weighted by molar-refractivity contribution is -0.136. The Balaban J connectivity index is 4.14. The standard InChI is InChI=1S/C6H8O3/c1-3-5(4-7)6(8)9-2/h3H2,1-2H3. The zero-order valence-corrected chi connectivity index (χ0v) is 5.43. The predicted octanol–water partition coefficient (Wildman–Crippen LogP) is 0.327. The van der Waals surface area contributed by atoms with Gasteiger partial charge in [-0.25, -0.2) is 9.59 Å². The van der Waals surface area contributed by atoms with Crippen LogP contribution < -0.4 is 0 Å². The first kappa shape index (κ1) is 7.92. The zero-order chi connectivity index (χ0) is 7.28. The van der Waals surface area contributed by atoms with Gasteiger partial charge in [0.25, 0.3) is 0 Å². The molecule has 0 radical (unpaired) electrons. The number of esters is 1. The SMILES string of the molecule is CCC(=C=O)C(=O)OC. The summed E-state index contributed by atoms with van der Waals surface area (Å²) in [5.41, 5.74) is 0.0532. The van der Waals surface area contributed by atoms with Gasteiger partial charge in [0.1, 0.15) is 11.5 Å². The minimum absolute atomic E-state index is 0.0532. The topological polar surface area (TPSA) is 43.4 Å². The number of hydrogen-bond acceptors (Lipinski definition) is 3. The molecule has 3 heteroatoms. The Morgan fingerprint density at radius 2 is 2.22 bits per heavy atom. The fourth-order valence-electron chi connectivity index (χ4n) is 0.381. The lowest BCUT2D eigenvalue weighted by Crippen LogP contribution is -2.03. The molecule has 0 rings (SSSR count). The van der Waals surface area contributed by atoms with Crippen LogP contribution in [-0.2, 0) is 14.3 Å². The summed E-state index contributed by atoms with van der Waals surface area (Å²) in [4.78, 5) is 20.3. The third kappa shape index (κ3) is 2.11. The van der Waals surface area contributed by atoms with Crippen molar-refractivity contribution in [3.05, 3.63) is 5.57 Å². The maximum atomic E-state index is 10.5. The fraction of sp³-hybridized carbons (Fsp3) is 0.500. The normalized spacial score (nSPS) is 7.78. The van der Waals surface area contributed by atoms with Gasteiger partial charge in [0.2, 0.25) is 0 Å². The molecule has 3 nitrogen and oxygen atoms in total. The molecule has 0 aliphatic rings. The summed E-state index contributed by atoms with van der Waals surface area (Å²) < 4.78 is 4.26. The highest BCUT2D eigenvalue weighted by molar-refractivity contribution is 5.96. The van der Waals surface area contributed by atoms with Gasteiger partial charge in [-0.2, -0.15) is 0 Å². The summed E-state index contributed by atoms with van der Waals surface area (Å²) in [6.07, 6.45) is 0.371. The van der Waals surface area contributed by atoms with Crippen molar-refractivity contribution in [2.24, 2.45) is 0 Å². The quantitative estimate of drug-likeness (QED) is 0.306. The molecular formula is C6H8O3. The van der Waals surface area contributed by atoms with Gasteiger partial charge in [-0.3, -0.25) is 0 Å². The Bertz CT molecular complexity index is 154. The second-order valence-corrected chi connectivity index (χ2v) is 1.43. The number of carbonyl (C=O) groups is 1. The Morgan fingerprint density at radius 3 is 2.33 bits per heavy atom. The molecule has 9 heavy (non-hydrogen) atoms. The lowest BCUT2D eigenvalue weighted by Gasteiger charge is -1.93. The smallest absolute Gasteiger partial charge is 0.344 e. The van der Waals surface area contributed by atoms with E-state index in [1.807, 2.05) is 0 Å². The first-order chi connectivity index (χ1) is 4.26. The third-order valence-corrected chi connectivity index (χ3v) is 0.909. The van der Waals surface area contributed by atoms with Crippen molar-refractivity contribution in [1.29, 1.82) is 0 Å². The second kappa shape index (κ2) is 3.87. The van der Waals surface area contributed by atoms with Gasteiger partial charge >= 0.3 is 5.97 Å². The van der Waals surface area contributed by atoms with E-state index in [4.69, 9.17) is 0 Å². The van der Waals surface area contributed by atoms with Crippen molar-refractivity contribution < 1.29 is 14.3 Å². The highest BCUT2D eigenvalue weighted by Gasteiger charge is 2.06. The van der Waals surface area contributed by atoms with E-state index in [1.54, 1.807) is 6.92 Å². The second-order valence-electron chi connectivity index (χ2n) is 1.43. The molecule has 0 aromatic rings. The largest absolute Gasteiger partial charge is 0.465 e. The molecule has 0 saturated heterocycles. The molecule has 50 valence electrons. The van der Waals surface area contributed by atoms with Crippen LogP contribution in [0.3, 0.4) is 0 Å². The summed E-state index contributed by atoms with van der Waals surface area (Å²) >= 11 is 0. The van der Waals surface area contributed by atoms with Crippen LogP contribution in [0.5, 0.6) is 0 Å². The third-order valence-electron chi connectivity index (χ3n) is 0.909. The van der Waals surface area contributed by atoms with E-state index in [0.29, 0.717) is 6.42 Å². The van der Waals surface area contributed by atoms with Crippen LogP contribution in [0.2, 0.25) is 0 Å². The first-order valence-electron chi connectivity index (χ1n) is 2.58. The minimum Gasteiger partial charge on any atom is -0.465 e.